The van der Waals surface area contributed by atoms with E-state index in [-0.39, 0.29) is 31.9 Å². The molecule has 0 radical (unpaired) electrons. The summed E-state index contributed by atoms with van der Waals surface area (Å²) in [5, 5.41) is 1.14. The molecule has 194 valence electrons. The zero-order valence-electron chi connectivity index (χ0n) is 20.0. The smallest absolute Gasteiger partial charge is 0.359 e. The average molecular weight is 714 g/mol. The maximum atomic E-state index is 15.6. The predicted octanol–water partition coefficient (Wildman–Crippen LogP) is 7.18. The third-order valence-corrected chi connectivity index (χ3v) is 7.45. The first-order valence-electron chi connectivity index (χ1n) is 11.4. The van der Waals surface area contributed by atoms with E-state index >= 15 is 17.6 Å². The summed E-state index contributed by atoms with van der Waals surface area (Å²) in [6.07, 6.45) is 4.02. The van der Waals surface area contributed by atoms with Gasteiger partial charge in [0.15, 0.2) is 0 Å². The predicted molar refractivity (Wildman–Crippen MR) is 132 cm³/mol. The van der Waals surface area contributed by atoms with Gasteiger partial charge in [0.2, 0.25) is 0 Å². The summed E-state index contributed by atoms with van der Waals surface area (Å²) >= 11 is 0.866. The maximum absolute atomic E-state index is 15.6. The first kappa shape index (κ1) is 26.4. The van der Waals surface area contributed by atoms with Gasteiger partial charge >= 0.3 is 32.9 Å². The fraction of sp³-hybridized carbons (Fsp3) is 0.179. The second-order valence-corrected chi connectivity index (χ2v) is 10.2. The number of imidazole rings is 1. The Kier molecular flexibility index (Phi) is 6.43. The third-order valence-electron chi connectivity index (χ3n) is 6.57. The number of thiazole rings is 1. The van der Waals surface area contributed by atoms with Crippen LogP contribution in [-0.4, -0.2) is 19.5 Å². The van der Waals surface area contributed by atoms with Crippen LogP contribution in [0.5, 0.6) is 0 Å². The molecule has 0 unspecified atom stereocenters. The van der Waals surface area contributed by atoms with E-state index in [1.165, 1.54) is 10.8 Å². The Morgan fingerprint density at radius 3 is 2.26 bits per heavy atom. The van der Waals surface area contributed by atoms with Gasteiger partial charge < -0.3 is 9.55 Å². The third kappa shape index (κ3) is 4.03. The number of hydrogen-bond donors (Lipinski definition) is 0. The molecule has 2 aromatic carbocycles. The maximum Gasteiger partial charge on any atom is 2.00 e. The van der Waals surface area contributed by atoms with Crippen LogP contribution < -0.4 is 0 Å². The van der Waals surface area contributed by atoms with Crippen molar-refractivity contribution in [1.29, 1.82) is 0 Å². The van der Waals surface area contributed by atoms with Crippen LogP contribution in [0.2, 0.25) is 0 Å². The molecule has 10 heteroatoms. The fourth-order valence-corrected chi connectivity index (χ4v) is 5.12. The standard InChI is InChI=1S/C28H18F4N4S.Pt/c1-26(2)19-8-6-7-17(11-19)25-35-23(16-37-25)28(31,32)27(29,30)22-15-36(21-9-4-3-5-10-21)24(34-22)18-12-20(26)14-33-13-18;/h3-10,13-16H,1-2H3;/q-2;+2. The van der Waals surface area contributed by atoms with Gasteiger partial charge in [-0.3, -0.25) is 9.97 Å². The molecule has 3 aromatic heterocycles. The second kappa shape index (κ2) is 9.24. The molecule has 0 atom stereocenters. The van der Waals surface area contributed by atoms with Gasteiger partial charge in [0.05, 0.1) is 5.82 Å². The number of fused-ring (bicyclic) bond motifs is 10. The summed E-state index contributed by atoms with van der Waals surface area (Å²) < 4.78 is 63.3. The van der Waals surface area contributed by atoms with Gasteiger partial charge in [0.25, 0.3) is 0 Å². The van der Waals surface area contributed by atoms with E-state index in [1.807, 2.05) is 19.9 Å². The Morgan fingerprint density at radius 1 is 0.789 bits per heavy atom. The van der Waals surface area contributed by atoms with Gasteiger partial charge in [-0.2, -0.15) is 28.9 Å². The first-order valence-corrected chi connectivity index (χ1v) is 12.3. The van der Waals surface area contributed by atoms with Gasteiger partial charge in [-0.15, -0.1) is 47.0 Å². The molecule has 0 fully saturated rings. The molecule has 38 heavy (non-hydrogen) atoms. The number of halogens is 4. The number of rotatable bonds is 1. The number of nitrogens with zero attached hydrogens (tertiary/aromatic N) is 4. The fourth-order valence-electron chi connectivity index (χ4n) is 4.30. The molecule has 5 aromatic rings. The van der Waals surface area contributed by atoms with Gasteiger partial charge in [-0.1, -0.05) is 50.0 Å². The zero-order valence-corrected chi connectivity index (χ0v) is 23.0. The van der Waals surface area contributed by atoms with Crippen molar-refractivity contribution in [3.05, 3.63) is 107 Å². The van der Waals surface area contributed by atoms with Crippen LogP contribution in [0.4, 0.5) is 17.6 Å². The van der Waals surface area contributed by atoms with Gasteiger partial charge in [-0.05, 0) is 17.5 Å². The summed E-state index contributed by atoms with van der Waals surface area (Å²) in [6, 6.07) is 20.4. The van der Waals surface area contributed by atoms with Crippen LogP contribution in [0.3, 0.4) is 0 Å². The van der Waals surface area contributed by atoms with Crippen molar-refractivity contribution in [2.75, 3.05) is 0 Å². The molecular formula is C28H18F4N4PtS. The van der Waals surface area contributed by atoms with E-state index in [0.717, 1.165) is 28.5 Å². The largest absolute Gasteiger partial charge is 2.00 e. The van der Waals surface area contributed by atoms with Crippen molar-refractivity contribution in [3.63, 3.8) is 0 Å². The quantitative estimate of drug-likeness (QED) is 0.137. The molecule has 0 amide bonds. The van der Waals surface area contributed by atoms with Crippen LogP contribution >= 0.6 is 11.3 Å². The zero-order chi connectivity index (χ0) is 26.0. The van der Waals surface area contributed by atoms with Crippen molar-refractivity contribution in [2.45, 2.75) is 31.1 Å². The summed E-state index contributed by atoms with van der Waals surface area (Å²) in [5.41, 5.74) is -0.130. The second-order valence-electron chi connectivity index (χ2n) is 9.30. The van der Waals surface area contributed by atoms with Crippen molar-refractivity contribution in [3.8, 4) is 27.6 Å². The Balaban J connectivity index is 0.00000294. The number of hydrogen-bond acceptors (Lipinski definition) is 4. The first-order chi connectivity index (χ1) is 17.6. The summed E-state index contributed by atoms with van der Waals surface area (Å²) in [6.45, 7) is 3.92. The number of aromatic nitrogens is 4. The van der Waals surface area contributed by atoms with Crippen LogP contribution in [0.1, 0.15) is 36.4 Å². The molecular weight excluding hydrogens is 695 g/mol. The molecule has 4 nitrogen and oxygen atoms in total. The average Bonchev–Trinajstić information content (AvgIpc) is 3.58. The van der Waals surface area contributed by atoms with E-state index in [0.29, 0.717) is 22.4 Å². The number of benzene rings is 2. The number of pyridine rings is 1. The molecule has 4 heterocycles. The van der Waals surface area contributed by atoms with E-state index in [1.54, 1.807) is 48.7 Å². The SMILES string of the molecule is CC1(C)c2[c-]c(ccc2)-c2nc(cs2)C(F)(F)C(F)(F)c2cn(-c3ccccc3)c(n2)-c2[c-]c1cnc2.[Pt+2]. The molecule has 1 aliphatic rings. The Morgan fingerprint density at radius 2 is 1.50 bits per heavy atom. The molecule has 0 aliphatic carbocycles. The van der Waals surface area contributed by atoms with Crippen molar-refractivity contribution < 1.29 is 38.6 Å². The minimum Gasteiger partial charge on any atom is -0.359 e. The molecule has 0 spiro atoms. The molecule has 0 N–H and O–H groups in total. The number of alkyl halides is 4. The minimum absolute atomic E-state index is 0. The summed E-state index contributed by atoms with van der Waals surface area (Å²) in [5.74, 6) is -9.24. The van der Waals surface area contributed by atoms with Crippen LogP contribution in [0.25, 0.3) is 27.6 Å². The molecule has 0 saturated heterocycles. The van der Waals surface area contributed by atoms with Crippen molar-refractivity contribution in [2.24, 2.45) is 0 Å². The minimum atomic E-state index is -4.65. The molecule has 8 bridgehead atoms. The van der Waals surface area contributed by atoms with E-state index in [4.69, 9.17) is 0 Å². The Bertz CT molecular complexity index is 1630. The van der Waals surface area contributed by atoms with E-state index in [9.17, 15) is 0 Å². The van der Waals surface area contributed by atoms with Gasteiger partial charge in [-0.25, -0.2) is 0 Å². The van der Waals surface area contributed by atoms with E-state index < -0.39 is 28.6 Å². The topological polar surface area (TPSA) is 43.6 Å². The van der Waals surface area contributed by atoms with E-state index in [2.05, 4.69) is 27.1 Å². The summed E-state index contributed by atoms with van der Waals surface area (Å²) in [7, 11) is 0. The van der Waals surface area contributed by atoms with Crippen LogP contribution in [-0.2, 0) is 38.3 Å². The van der Waals surface area contributed by atoms with Gasteiger partial charge in [0, 0.05) is 22.3 Å². The normalized spacial score (nSPS) is 16.6. The summed E-state index contributed by atoms with van der Waals surface area (Å²) in [4.78, 5) is 12.3. The van der Waals surface area contributed by atoms with Crippen LogP contribution in [0, 0.1) is 12.1 Å². The van der Waals surface area contributed by atoms with Crippen molar-refractivity contribution >= 4 is 11.3 Å². The van der Waals surface area contributed by atoms with Gasteiger partial charge in [0.1, 0.15) is 11.4 Å². The molecule has 6 rings (SSSR count). The molecule has 1 aliphatic heterocycles. The van der Waals surface area contributed by atoms with Crippen molar-refractivity contribution in [1.82, 2.24) is 19.5 Å². The monoisotopic (exact) mass is 713 g/mol. The number of para-hydroxylation sites is 1. The molecule has 0 saturated carbocycles. The Hall–Kier alpha value is -3.16. The Labute approximate surface area is 234 Å². The van der Waals surface area contributed by atoms with Crippen LogP contribution in [0.15, 0.2) is 72.5 Å².